The first-order valence-corrected chi connectivity index (χ1v) is 17.2. The minimum atomic E-state index is -0.285. The molecule has 2 rings (SSSR count). The van der Waals surface area contributed by atoms with E-state index in [0.29, 0.717) is 0 Å². The Balaban J connectivity index is 1.77. The van der Waals surface area contributed by atoms with E-state index in [9.17, 15) is 0 Å². The Morgan fingerprint density at radius 2 is 0.897 bits per heavy atom. The van der Waals surface area contributed by atoms with Gasteiger partial charge in [-0.2, -0.15) is 0 Å². The van der Waals surface area contributed by atoms with Gasteiger partial charge < -0.3 is 9.31 Å². The summed E-state index contributed by atoms with van der Waals surface area (Å²) >= 11 is 0. The van der Waals surface area contributed by atoms with Crippen molar-refractivity contribution in [2.24, 2.45) is 5.92 Å². The van der Waals surface area contributed by atoms with E-state index in [1.807, 2.05) is 0 Å². The highest BCUT2D eigenvalue weighted by atomic mass is 16.7. The number of hydrogen-bond acceptors (Lipinski definition) is 2. The van der Waals surface area contributed by atoms with Gasteiger partial charge in [0.05, 0.1) is 11.2 Å². The van der Waals surface area contributed by atoms with Crippen LogP contribution in [-0.2, 0) is 15.7 Å². The summed E-state index contributed by atoms with van der Waals surface area (Å²) in [6, 6.07) is 9.15. The average Bonchev–Trinajstić information content (AvgIpc) is 3.13. The van der Waals surface area contributed by atoms with Gasteiger partial charge in [0.1, 0.15) is 0 Å². The Labute approximate surface area is 244 Å². The van der Waals surface area contributed by atoms with Crippen LogP contribution in [0.4, 0.5) is 0 Å². The van der Waals surface area contributed by atoms with E-state index >= 15 is 0 Å². The van der Waals surface area contributed by atoms with Crippen molar-refractivity contribution in [1.29, 1.82) is 0 Å². The van der Waals surface area contributed by atoms with Crippen molar-refractivity contribution in [1.82, 2.24) is 0 Å². The minimum absolute atomic E-state index is 0.260. The third-order valence-corrected chi connectivity index (χ3v) is 9.46. The summed E-state index contributed by atoms with van der Waals surface area (Å²) in [5.41, 5.74) is 2.05. The lowest BCUT2D eigenvalue weighted by molar-refractivity contribution is 0.00578. The topological polar surface area (TPSA) is 18.5 Å². The van der Waals surface area contributed by atoms with Crippen LogP contribution >= 0.6 is 0 Å². The maximum Gasteiger partial charge on any atom is 0.494 e. The maximum absolute atomic E-state index is 6.27. The number of unbranched alkanes of at least 4 members (excludes halogenated alkanes) is 16. The Bertz CT molecular complexity index is 710. The van der Waals surface area contributed by atoms with Gasteiger partial charge in [0.25, 0.3) is 0 Å². The molecule has 0 amide bonds. The molecule has 2 nitrogen and oxygen atoms in total. The molecule has 1 unspecified atom stereocenters. The first-order valence-electron chi connectivity index (χ1n) is 17.2. The van der Waals surface area contributed by atoms with Gasteiger partial charge >= 0.3 is 7.12 Å². The molecular weight excluding hydrogens is 475 g/mol. The SMILES string of the molecule is CCCCCCCCCCCCC(CCCCCCCCCC)Cc1ccc(B2OC(C)(C)C(C)(C)O2)cc1. The maximum atomic E-state index is 6.27. The standard InChI is InChI=1S/C36H65BO2/c1-7-9-11-13-15-17-18-20-22-24-26-32(25-23-21-19-16-14-12-10-8-2)31-33-27-29-34(30-28-33)37-38-35(3,4)36(5,6)39-37/h27-30,32H,7-26,31H2,1-6H3. The van der Waals surface area contributed by atoms with Gasteiger partial charge in [0, 0.05) is 0 Å². The van der Waals surface area contributed by atoms with E-state index in [2.05, 4.69) is 65.8 Å². The average molecular weight is 541 g/mol. The third kappa shape index (κ3) is 13.6. The van der Waals surface area contributed by atoms with Crippen LogP contribution in [-0.4, -0.2) is 18.3 Å². The van der Waals surface area contributed by atoms with Crippen LogP contribution < -0.4 is 5.46 Å². The minimum Gasteiger partial charge on any atom is -0.399 e. The molecule has 0 radical (unpaired) electrons. The summed E-state index contributed by atoms with van der Waals surface area (Å²) in [5, 5.41) is 0. The highest BCUT2D eigenvalue weighted by molar-refractivity contribution is 6.62. The van der Waals surface area contributed by atoms with E-state index in [-0.39, 0.29) is 18.3 Å². The summed E-state index contributed by atoms with van der Waals surface area (Å²) in [4.78, 5) is 0. The zero-order chi connectivity index (χ0) is 28.4. The quantitative estimate of drug-likeness (QED) is 0.101. The molecule has 1 aromatic carbocycles. The van der Waals surface area contributed by atoms with E-state index in [4.69, 9.17) is 9.31 Å². The van der Waals surface area contributed by atoms with Gasteiger partial charge in [-0.25, -0.2) is 0 Å². The van der Waals surface area contributed by atoms with Gasteiger partial charge in [-0.1, -0.05) is 167 Å². The van der Waals surface area contributed by atoms with Crippen LogP contribution in [0.3, 0.4) is 0 Å². The van der Waals surface area contributed by atoms with Crippen LogP contribution in [0.2, 0.25) is 0 Å². The lowest BCUT2D eigenvalue weighted by Gasteiger charge is -2.32. The van der Waals surface area contributed by atoms with Crippen molar-refractivity contribution < 1.29 is 9.31 Å². The summed E-state index contributed by atoms with van der Waals surface area (Å²) in [6.07, 6.45) is 29.6. The summed E-state index contributed by atoms with van der Waals surface area (Å²) in [7, 11) is -0.260. The Morgan fingerprint density at radius 3 is 1.28 bits per heavy atom. The van der Waals surface area contributed by atoms with Gasteiger partial charge in [0.15, 0.2) is 0 Å². The fourth-order valence-corrected chi connectivity index (χ4v) is 5.96. The Hall–Kier alpha value is -0.795. The van der Waals surface area contributed by atoms with Crippen molar-refractivity contribution in [2.45, 2.75) is 188 Å². The highest BCUT2D eigenvalue weighted by Crippen LogP contribution is 2.36. The molecule has 1 heterocycles. The van der Waals surface area contributed by atoms with E-state index in [0.717, 1.165) is 11.4 Å². The predicted molar refractivity (Wildman–Crippen MR) is 173 cm³/mol. The Morgan fingerprint density at radius 1 is 0.538 bits per heavy atom. The fraction of sp³-hybridized carbons (Fsp3) is 0.833. The molecule has 39 heavy (non-hydrogen) atoms. The molecule has 224 valence electrons. The van der Waals surface area contributed by atoms with E-state index in [1.165, 1.54) is 140 Å². The lowest BCUT2D eigenvalue weighted by Crippen LogP contribution is -2.41. The third-order valence-electron chi connectivity index (χ3n) is 9.46. The van der Waals surface area contributed by atoms with Crippen molar-refractivity contribution in [2.75, 3.05) is 0 Å². The second-order valence-electron chi connectivity index (χ2n) is 13.6. The summed E-state index contributed by atoms with van der Waals surface area (Å²) < 4.78 is 12.5. The van der Waals surface area contributed by atoms with Gasteiger partial charge in [-0.3, -0.25) is 0 Å². The number of rotatable bonds is 23. The van der Waals surface area contributed by atoms with Crippen LogP contribution in [0.15, 0.2) is 24.3 Å². The molecule has 0 bridgehead atoms. The van der Waals surface area contributed by atoms with Crippen LogP contribution in [0, 0.1) is 5.92 Å². The van der Waals surface area contributed by atoms with Crippen molar-refractivity contribution in [3.05, 3.63) is 29.8 Å². The molecule has 3 heteroatoms. The molecule has 1 saturated heterocycles. The van der Waals surface area contributed by atoms with Gasteiger partial charge in [-0.15, -0.1) is 0 Å². The largest absolute Gasteiger partial charge is 0.494 e. The highest BCUT2D eigenvalue weighted by Gasteiger charge is 2.51. The molecule has 1 aliphatic heterocycles. The van der Waals surface area contributed by atoms with Gasteiger partial charge in [-0.05, 0) is 51.1 Å². The van der Waals surface area contributed by atoms with Crippen molar-refractivity contribution in [3.8, 4) is 0 Å². The molecule has 0 aromatic heterocycles. The number of benzene rings is 1. The summed E-state index contributed by atoms with van der Waals surface area (Å²) in [5.74, 6) is 0.821. The molecule has 1 fully saturated rings. The van der Waals surface area contributed by atoms with Crippen LogP contribution in [0.5, 0.6) is 0 Å². The fourth-order valence-electron chi connectivity index (χ4n) is 5.96. The second-order valence-corrected chi connectivity index (χ2v) is 13.6. The molecule has 0 saturated carbocycles. The lowest BCUT2D eigenvalue weighted by atomic mass is 9.78. The molecular formula is C36H65BO2. The molecule has 0 N–H and O–H groups in total. The summed E-state index contributed by atoms with van der Waals surface area (Å²) in [6.45, 7) is 13.1. The predicted octanol–water partition coefficient (Wildman–Crippen LogP) is 11.0. The normalized spacial score (nSPS) is 17.1. The molecule has 1 aliphatic rings. The molecule has 0 aliphatic carbocycles. The van der Waals surface area contributed by atoms with Crippen LogP contribution in [0.1, 0.15) is 176 Å². The van der Waals surface area contributed by atoms with Gasteiger partial charge in [0.2, 0.25) is 0 Å². The monoisotopic (exact) mass is 541 g/mol. The van der Waals surface area contributed by atoms with E-state index in [1.54, 1.807) is 0 Å². The van der Waals surface area contributed by atoms with Crippen LogP contribution in [0.25, 0.3) is 0 Å². The molecule has 0 spiro atoms. The zero-order valence-corrected chi connectivity index (χ0v) is 27.1. The Kier molecular flexibility index (Phi) is 17.1. The second kappa shape index (κ2) is 19.3. The first kappa shape index (κ1) is 34.4. The smallest absolute Gasteiger partial charge is 0.399 e. The van der Waals surface area contributed by atoms with Crippen molar-refractivity contribution >= 4 is 12.6 Å². The zero-order valence-electron chi connectivity index (χ0n) is 27.1. The number of hydrogen-bond donors (Lipinski definition) is 0. The molecule has 1 atom stereocenters. The van der Waals surface area contributed by atoms with E-state index < -0.39 is 0 Å². The van der Waals surface area contributed by atoms with Crippen molar-refractivity contribution in [3.63, 3.8) is 0 Å². The molecule has 1 aromatic rings. The first-order chi connectivity index (χ1) is 18.8.